The van der Waals surface area contributed by atoms with E-state index in [9.17, 15) is 9.90 Å². The quantitative estimate of drug-likeness (QED) is 0.667. The SMILES string of the molecule is [2H]c1c([2H])c([2H])c([C@H](O)C(=O)O)c([2H])c1[2H]. The lowest BCUT2D eigenvalue weighted by molar-refractivity contribution is -0.146. The first-order chi connectivity index (χ1) is 7.29. The number of aliphatic hydroxyl groups excluding tert-OH is 1. The van der Waals surface area contributed by atoms with Gasteiger partial charge in [0.1, 0.15) is 0 Å². The molecule has 1 aromatic rings. The van der Waals surface area contributed by atoms with Crippen LogP contribution in [-0.4, -0.2) is 16.2 Å². The average molecular weight is 157 g/mol. The number of carbonyl (C=O) groups is 1. The number of hydrogen-bond acceptors (Lipinski definition) is 2. The molecule has 1 aromatic carbocycles. The van der Waals surface area contributed by atoms with Crippen molar-refractivity contribution in [3.63, 3.8) is 0 Å². The van der Waals surface area contributed by atoms with Gasteiger partial charge in [0.15, 0.2) is 6.10 Å². The zero-order valence-corrected chi connectivity index (χ0v) is 5.38. The van der Waals surface area contributed by atoms with Crippen molar-refractivity contribution in [2.24, 2.45) is 0 Å². The van der Waals surface area contributed by atoms with E-state index in [4.69, 9.17) is 12.0 Å². The molecule has 3 nitrogen and oxygen atoms in total. The van der Waals surface area contributed by atoms with Crippen molar-refractivity contribution in [2.75, 3.05) is 0 Å². The Morgan fingerprint density at radius 3 is 2.45 bits per heavy atom. The third kappa shape index (κ3) is 1.78. The third-order valence-corrected chi connectivity index (χ3v) is 1.03. The van der Waals surface area contributed by atoms with Crippen LogP contribution < -0.4 is 0 Å². The minimum atomic E-state index is -2.13. The summed E-state index contributed by atoms with van der Waals surface area (Å²) in [5.74, 6) is -1.67. The fraction of sp³-hybridized carbons (Fsp3) is 0.125. The highest BCUT2D eigenvalue weighted by molar-refractivity contribution is 5.73. The van der Waals surface area contributed by atoms with Crippen molar-refractivity contribution in [2.45, 2.75) is 6.10 Å². The Kier molecular flexibility index (Phi) is 0.967. The van der Waals surface area contributed by atoms with Crippen LogP contribution in [-0.2, 0) is 4.79 Å². The van der Waals surface area contributed by atoms with E-state index in [1.807, 2.05) is 0 Å². The first-order valence-corrected chi connectivity index (χ1v) is 2.76. The van der Waals surface area contributed by atoms with Crippen molar-refractivity contribution in [3.05, 3.63) is 35.8 Å². The molecule has 0 aliphatic carbocycles. The molecular weight excluding hydrogens is 144 g/mol. The van der Waals surface area contributed by atoms with E-state index < -0.39 is 47.8 Å². The van der Waals surface area contributed by atoms with Crippen molar-refractivity contribution >= 4 is 5.97 Å². The van der Waals surface area contributed by atoms with Gasteiger partial charge in [0.05, 0.1) is 6.85 Å². The molecule has 0 unspecified atom stereocenters. The van der Waals surface area contributed by atoms with Gasteiger partial charge in [-0.1, -0.05) is 30.2 Å². The van der Waals surface area contributed by atoms with Gasteiger partial charge in [-0.05, 0) is 5.56 Å². The smallest absolute Gasteiger partial charge is 0.337 e. The molecule has 1 atom stereocenters. The minimum Gasteiger partial charge on any atom is -0.479 e. The number of rotatable bonds is 2. The van der Waals surface area contributed by atoms with Gasteiger partial charge in [0.25, 0.3) is 0 Å². The predicted octanol–water partition coefficient (Wildman–Crippen LogP) is 0.805. The molecule has 0 aliphatic rings. The first-order valence-electron chi connectivity index (χ1n) is 5.26. The monoisotopic (exact) mass is 157 g/mol. The first kappa shape index (κ1) is 3.36. The summed E-state index contributed by atoms with van der Waals surface area (Å²) in [5.41, 5.74) is -0.626. The summed E-state index contributed by atoms with van der Waals surface area (Å²) in [4.78, 5) is 10.5. The van der Waals surface area contributed by atoms with E-state index in [1.54, 1.807) is 0 Å². The van der Waals surface area contributed by atoms with Crippen molar-refractivity contribution in [1.29, 1.82) is 0 Å². The van der Waals surface area contributed by atoms with Gasteiger partial charge < -0.3 is 10.2 Å². The van der Waals surface area contributed by atoms with E-state index >= 15 is 0 Å². The molecule has 0 saturated heterocycles. The number of hydrogen-bond donors (Lipinski definition) is 2. The summed E-state index contributed by atoms with van der Waals surface area (Å²) in [6.45, 7) is 0. The second-order valence-corrected chi connectivity index (χ2v) is 1.78. The second-order valence-electron chi connectivity index (χ2n) is 1.78. The Morgan fingerprint density at radius 1 is 1.45 bits per heavy atom. The predicted molar refractivity (Wildman–Crippen MR) is 39.0 cm³/mol. The number of carboxylic acid groups (broad SMARTS) is 1. The maximum atomic E-state index is 10.5. The number of carboxylic acids is 1. The third-order valence-electron chi connectivity index (χ3n) is 1.03. The Morgan fingerprint density at radius 2 is 2.00 bits per heavy atom. The maximum absolute atomic E-state index is 10.5. The standard InChI is InChI=1S/C8H8O3/c9-7(8(10)11)6-4-2-1-3-5-6/h1-5,7,9H,(H,10,11)/t7-/m0/s1/i1D,2D,3D,4D,5D. The Balaban J connectivity index is 3.57. The van der Waals surface area contributed by atoms with Crippen LogP contribution in [0.15, 0.2) is 30.2 Å². The lowest BCUT2D eigenvalue weighted by Gasteiger charge is -2.03. The van der Waals surface area contributed by atoms with E-state index in [0.717, 1.165) is 0 Å². The number of benzene rings is 1. The summed E-state index contributed by atoms with van der Waals surface area (Å²) in [6.07, 6.45) is -2.13. The zero-order valence-electron chi connectivity index (χ0n) is 10.4. The van der Waals surface area contributed by atoms with Crippen LogP contribution in [0, 0.1) is 0 Å². The topological polar surface area (TPSA) is 57.5 Å². The molecule has 0 fully saturated rings. The highest BCUT2D eigenvalue weighted by atomic mass is 16.4. The molecule has 0 bridgehead atoms. The van der Waals surface area contributed by atoms with Crippen LogP contribution in [0.3, 0.4) is 0 Å². The second kappa shape index (κ2) is 3.16. The van der Waals surface area contributed by atoms with Gasteiger partial charge in [-0.2, -0.15) is 0 Å². The van der Waals surface area contributed by atoms with Crippen molar-refractivity contribution in [3.8, 4) is 0 Å². The van der Waals surface area contributed by atoms with E-state index in [1.165, 1.54) is 0 Å². The van der Waals surface area contributed by atoms with Gasteiger partial charge in [-0.3, -0.25) is 0 Å². The molecule has 58 valence electrons. The molecule has 0 saturated carbocycles. The highest BCUT2D eigenvalue weighted by Gasteiger charge is 2.14. The van der Waals surface area contributed by atoms with Crippen LogP contribution in [0.25, 0.3) is 0 Å². The maximum Gasteiger partial charge on any atom is 0.337 e. The Labute approximate surface area is 70.9 Å². The van der Waals surface area contributed by atoms with E-state index in [0.29, 0.717) is 0 Å². The van der Waals surface area contributed by atoms with Gasteiger partial charge in [0, 0.05) is 0 Å². The van der Waals surface area contributed by atoms with Gasteiger partial charge >= 0.3 is 5.97 Å². The molecule has 0 radical (unpaired) electrons. The molecule has 3 heteroatoms. The molecule has 11 heavy (non-hydrogen) atoms. The van der Waals surface area contributed by atoms with E-state index in [-0.39, 0.29) is 0 Å². The van der Waals surface area contributed by atoms with Crippen molar-refractivity contribution in [1.82, 2.24) is 0 Å². The fourth-order valence-corrected chi connectivity index (χ4v) is 0.520. The van der Waals surface area contributed by atoms with Crippen molar-refractivity contribution < 1.29 is 21.9 Å². The molecule has 0 amide bonds. The summed E-state index contributed by atoms with van der Waals surface area (Å²) in [6, 6.07) is -3.38. The number of aliphatic hydroxyl groups is 1. The van der Waals surface area contributed by atoms with Crippen LogP contribution in [0.2, 0.25) is 0 Å². The van der Waals surface area contributed by atoms with Gasteiger partial charge in [-0.15, -0.1) is 0 Å². The summed E-state index contributed by atoms with van der Waals surface area (Å²) in [7, 11) is 0. The van der Waals surface area contributed by atoms with Crippen LogP contribution in [0.1, 0.15) is 18.5 Å². The Bertz CT molecular complexity index is 430. The summed E-state index contributed by atoms with van der Waals surface area (Å²) in [5, 5.41) is 17.8. The van der Waals surface area contributed by atoms with Crippen LogP contribution in [0.4, 0.5) is 0 Å². The summed E-state index contributed by atoms with van der Waals surface area (Å²) < 4.78 is 36.5. The highest BCUT2D eigenvalue weighted by Crippen LogP contribution is 2.10. The molecule has 1 rings (SSSR count). The molecular formula is C8H8O3. The normalized spacial score (nSPS) is 18.8. The minimum absolute atomic E-state index is 0.626. The average Bonchev–Trinajstić information content (AvgIpc) is 2.23. The Hall–Kier alpha value is -1.35. The summed E-state index contributed by atoms with van der Waals surface area (Å²) >= 11 is 0. The molecule has 0 aliphatic heterocycles. The molecule has 0 aromatic heterocycles. The zero-order chi connectivity index (χ0) is 12.6. The largest absolute Gasteiger partial charge is 0.479 e. The lowest BCUT2D eigenvalue weighted by Crippen LogP contribution is -2.09. The molecule has 0 spiro atoms. The van der Waals surface area contributed by atoms with Gasteiger partial charge in [0.2, 0.25) is 0 Å². The molecule has 0 heterocycles. The van der Waals surface area contributed by atoms with Crippen LogP contribution in [0.5, 0.6) is 0 Å². The van der Waals surface area contributed by atoms with Gasteiger partial charge in [-0.25, -0.2) is 4.79 Å². The fourth-order valence-electron chi connectivity index (χ4n) is 0.520. The molecule has 2 N–H and O–H groups in total. The van der Waals surface area contributed by atoms with E-state index in [2.05, 4.69) is 0 Å². The lowest BCUT2D eigenvalue weighted by atomic mass is 10.1. The number of aliphatic carboxylic acids is 1. The van der Waals surface area contributed by atoms with Crippen LogP contribution >= 0.6 is 0 Å².